The lowest BCUT2D eigenvalue weighted by Crippen LogP contribution is -2.34. The summed E-state index contributed by atoms with van der Waals surface area (Å²) in [5.74, 6) is 0.751. The maximum Gasteiger partial charge on any atom is 0.239 e. The number of thioether (sulfide) groups is 1. The van der Waals surface area contributed by atoms with Gasteiger partial charge in [0.15, 0.2) is 5.82 Å². The molecule has 0 radical (unpaired) electrons. The molecule has 1 heterocycles. The molecule has 3 rings (SSSR count). The minimum atomic E-state index is -0.480. The van der Waals surface area contributed by atoms with E-state index in [0.717, 1.165) is 25.7 Å². The van der Waals surface area contributed by atoms with Crippen molar-refractivity contribution >= 4 is 35.8 Å². The Morgan fingerprint density at radius 3 is 2.69 bits per heavy atom. The number of amides is 1. The largest absolute Gasteiger partial charge is 0.338 e. The van der Waals surface area contributed by atoms with E-state index in [1.165, 1.54) is 36.0 Å². The second kappa shape index (κ2) is 8.83. The molecule has 1 aromatic heterocycles. The van der Waals surface area contributed by atoms with Crippen molar-refractivity contribution in [3.8, 4) is 0 Å². The molecule has 1 unspecified atom stereocenters. The average Bonchev–Trinajstić information content (AvgIpc) is 3.25. The first kappa shape index (κ1) is 20.7. The van der Waals surface area contributed by atoms with Crippen LogP contribution in [0.15, 0.2) is 28.8 Å². The third-order valence-electron chi connectivity index (χ3n) is 4.32. The van der Waals surface area contributed by atoms with Gasteiger partial charge in [0.25, 0.3) is 0 Å². The molecule has 6 nitrogen and oxygen atoms in total. The monoisotopic (exact) mass is 400 g/mol. The Labute approximate surface area is 161 Å². The lowest BCUT2D eigenvalue weighted by molar-refractivity contribution is -0.113. The third kappa shape index (κ3) is 4.96. The molecule has 1 fully saturated rings. The molecule has 142 valence electrons. The second-order valence-corrected chi connectivity index (χ2v) is 7.66. The van der Waals surface area contributed by atoms with E-state index in [9.17, 15) is 9.18 Å². The minimum Gasteiger partial charge on any atom is -0.338 e. The number of rotatable bonds is 6. The van der Waals surface area contributed by atoms with E-state index < -0.39 is 5.54 Å². The van der Waals surface area contributed by atoms with Gasteiger partial charge in [-0.3, -0.25) is 4.79 Å². The number of nitrogens with two attached hydrogens (primary N) is 1. The highest BCUT2D eigenvalue weighted by molar-refractivity contribution is 8.00. The van der Waals surface area contributed by atoms with E-state index in [1.807, 2.05) is 6.92 Å². The van der Waals surface area contributed by atoms with Crippen molar-refractivity contribution in [2.75, 3.05) is 11.1 Å². The van der Waals surface area contributed by atoms with Gasteiger partial charge >= 0.3 is 0 Å². The van der Waals surface area contributed by atoms with Gasteiger partial charge in [-0.05, 0) is 44.0 Å². The summed E-state index contributed by atoms with van der Waals surface area (Å²) < 4.78 is 18.2. The fourth-order valence-corrected chi connectivity index (χ4v) is 3.55. The molecule has 0 bridgehead atoms. The summed E-state index contributed by atoms with van der Waals surface area (Å²) in [6.45, 7) is 1.91. The lowest BCUT2D eigenvalue weighted by atomic mass is 9.99. The molecule has 0 saturated heterocycles. The number of anilines is 1. The van der Waals surface area contributed by atoms with Gasteiger partial charge in [-0.15, -0.1) is 24.2 Å². The number of nitrogens with zero attached hydrogens (tertiary/aromatic N) is 2. The first-order valence-corrected chi connectivity index (χ1v) is 9.31. The van der Waals surface area contributed by atoms with Crippen LogP contribution in [0.2, 0.25) is 0 Å². The minimum absolute atomic E-state index is 0. The van der Waals surface area contributed by atoms with Crippen LogP contribution in [-0.2, 0) is 10.3 Å². The highest BCUT2D eigenvalue weighted by Crippen LogP contribution is 2.36. The fourth-order valence-electron chi connectivity index (χ4n) is 2.83. The SMILES string of the molecule is CC(SCC(=O)Nc1ccc(F)cc1)c1nc(C2(N)CCCC2)no1.Cl. The summed E-state index contributed by atoms with van der Waals surface area (Å²) in [6, 6.07) is 5.65. The number of aromatic nitrogens is 2. The van der Waals surface area contributed by atoms with Crippen LogP contribution in [-0.4, -0.2) is 21.8 Å². The standard InChI is InChI=1S/C17H21FN4O2S.ClH/c1-11(15-21-16(22-24-15)17(19)8-2-3-9-17)25-10-14(23)20-13-6-4-12(18)5-7-13;/h4-7,11H,2-3,8-10,19H2,1H3,(H,20,23);1H. The molecular weight excluding hydrogens is 379 g/mol. The number of nitrogens with one attached hydrogen (secondary N) is 1. The zero-order valence-electron chi connectivity index (χ0n) is 14.4. The zero-order chi connectivity index (χ0) is 17.9. The molecule has 2 aromatic rings. The Kier molecular flexibility index (Phi) is 7.02. The number of carbonyl (C=O) groups excluding carboxylic acids is 1. The first-order chi connectivity index (χ1) is 12.0. The highest BCUT2D eigenvalue weighted by atomic mass is 35.5. The van der Waals surface area contributed by atoms with Crippen molar-refractivity contribution in [1.29, 1.82) is 0 Å². The number of carbonyl (C=O) groups is 1. The molecule has 0 aliphatic heterocycles. The van der Waals surface area contributed by atoms with Crippen LogP contribution < -0.4 is 11.1 Å². The van der Waals surface area contributed by atoms with Crippen LogP contribution in [0, 0.1) is 5.82 Å². The first-order valence-electron chi connectivity index (χ1n) is 8.26. The van der Waals surface area contributed by atoms with Gasteiger partial charge in [-0.1, -0.05) is 18.0 Å². The molecule has 1 amide bonds. The maximum absolute atomic E-state index is 12.9. The molecule has 26 heavy (non-hydrogen) atoms. The maximum atomic E-state index is 12.9. The summed E-state index contributed by atoms with van der Waals surface area (Å²) in [7, 11) is 0. The molecule has 1 aliphatic carbocycles. The van der Waals surface area contributed by atoms with Crippen molar-refractivity contribution in [1.82, 2.24) is 10.1 Å². The molecule has 9 heteroatoms. The molecule has 3 N–H and O–H groups in total. The van der Waals surface area contributed by atoms with Crippen LogP contribution in [0.25, 0.3) is 0 Å². The van der Waals surface area contributed by atoms with Gasteiger partial charge in [0, 0.05) is 5.69 Å². The van der Waals surface area contributed by atoms with E-state index in [4.69, 9.17) is 10.3 Å². The lowest BCUT2D eigenvalue weighted by Gasteiger charge is -2.17. The Hall–Kier alpha value is -1.64. The molecule has 0 spiro atoms. The summed E-state index contributed by atoms with van der Waals surface area (Å²) >= 11 is 1.39. The van der Waals surface area contributed by atoms with Crippen LogP contribution in [0.1, 0.15) is 49.6 Å². The van der Waals surface area contributed by atoms with E-state index in [1.54, 1.807) is 0 Å². The Bertz CT molecular complexity index is 735. The van der Waals surface area contributed by atoms with E-state index in [0.29, 0.717) is 17.4 Å². The van der Waals surface area contributed by atoms with E-state index in [-0.39, 0.29) is 35.1 Å². The van der Waals surface area contributed by atoms with Crippen LogP contribution in [0.5, 0.6) is 0 Å². The second-order valence-electron chi connectivity index (χ2n) is 6.33. The number of benzene rings is 1. The number of halogens is 2. The number of hydrogen-bond donors (Lipinski definition) is 2. The van der Waals surface area contributed by atoms with E-state index >= 15 is 0 Å². The average molecular weight is 401 g/mol. The molecular formula is C17H22ClFN4O2S. The fraction of sp³-hybridized carbons (Fsp3) is 0.471. The van der Waals surface area contributed by atoms with Crippen molar-refractivity contribution < 1.29 is 13.7 Å². The van der Waals surface area contributed by atoms with Gasteiger partial charge in [0.1, 0.15) is 5.82 Å². The van der Waals surface area contributed by atoms with Gasteiger partial charge in [-0.2, -0.15) is 4.98 Å². The third-order valence-corrected chi connectivity index (χ3v) is 5.45. The highest BCUT2D eigenvalue weighted by Gasteiger charge is 2.36. The Balaban J connectivity index is 0.00000243. The number of hydrogen-bond acceptors (Lipinski definition) is 6. The van der Waals surface area contributed by atoms with Crippen LogP contribution in [0.3, 0.4) is 0 Å². The summed E-state index contributed by atoms with van der Waals surface area (Å²) in [4.78, 5) is 16.4. The molecule has 1 atom stereocenters. The van der Waals surface area contributed by atoms with E-state index in [2.05, 4.69) is 15.5 Å². The van der Waals surface area contributed by atoms with Crippen LogP contribution in [0.4, 0.5) is 10.1 Å². The topological polar surface area (TPSA) is 94.0 Å². The molecule has 1 aromatic carbocycles. The van der Waals surface area contributed by atoms with Gasteiger partial charge in [0.2, 0.25) is 11.8 Å². The Morgan fingerprint density at radius 1 is 1.38 bits per heavy atom. The normalized spacial score (nSPS) is 16.7. The van der Waals surface area contributed by atoms with Crippen LogP contribution >= 0.6 is 24.2 Å². The smallest absolute Gasteiger partial charge is 0.239 e. The molecule has 1 saturated carbocycles. The zero-order valence-corrected chi connectivity index (χ0v) is 16.0. The predicted octanol–water partition coefficient (Wildman–Crippen LogP) is 3.79. The van der Waals surface area contributed by atoms with Gasteiger partial charge in [-0.25, -0.2) is 4.39 Å². The van der Waals surface area contributed by atoms with Crippen molar-refractivity contribution in [2.45, 2.75) is 43.4 Å². The van der Waals surface area contributed by atoms with Crippen molar-refractivity contribution in [3.05, 3.63) is 41.8 Å². The Morgan fingerprint density at radius 2 is 2.04 bits per heavy atom. The summed E-state index contributed by atoms with van der Waals surface area (Å²) in [5.41, 5.74) is 6.41. The van der Waals surface area contributed by atoms with Gasteiger partial charge in [0.05, 0.1) is 16.5 Å². The summed E-state index contributed by atoms with van der Waals surface area (Å²) in [6.07, 6.45) is 3.89. The van der Waals surface area contributed by atoms with Crippen molar-refractivity contribution in [2.24, 2.45) is 5.73 Å². The predicted molar refractivity (Wildman–Crippen MR) is 102 cm³/mol. The molecule has 1 aliphatic rings. The quantitative estimate of drug-likeness (QED) is 0.766. The van der Waals surface area contributed by atoms with Gasteiger partial charge < -0.3 is 15.6 Å². The van der Waals surface area contributed by atoms with Crippen molar-refractivity contribution in [3.63, 3.8) is 0 Å². The summed E-state index contributed by atoms with van der Waals surface area (Å²) in [5, 5.41) is 6.63.